The summed E-state index contributed by atoms with van der Waals surface area (Å²) in [5.41, 5.74) is 1.33. The van der Waals surface area contributed by atoms with Crippen molar-refractivity contribution in [3.05, 3.63) is 37.0 Å². The highest BCUT2D eigenvalue weighted by molar-refractivity contribution is 8.12. The van der Waals surface area contributed by atoms with Crippen molar-refractivity contribution in [3.8, 4) is 0 Å². The van der Waals surface area contributed by atoms with Crippen molar-refractivity contribution in [1.29, 1.82) is 5.41 Å². The second-order valence-corrected chi connectivity index (χ2v) is 2.40. The Labute approximate surface area is 66.0 Å². The molecule has 0 aliphatic carbocycles. The van der Waals surface area contributed by atoms with Crippen molar-refractivity contribution in [2.75, 3.05) is 5.75 Å². The first kappa shape index (κ1) is 9.24. The first-order valence-electron chi connectivity index (χ1n) is 2.96. The Kier molecular flexibility index (Phi) is 7.61. The quantitative estimate of drug-likeness (QED) is 0.279. The fourth-order valence-corrected chi connectivity index (χ4v) is 0.699. The molecule has 0 fully saturated rings. The molecule has 1 N–H and O–H groups in total. The van der Waals surface area contributed by atoms with E-state index < -0.39 is 0 Å². The second-order valence-electron chi connectivity index (χ2n) is 1.50. The van der Waals surface area contributed by atoms with Crippen molar-refractivity contribution in [2.24, 2.45) is 0 Å². The van der Waals surface area contributed by atoms with Gasteiger partial charge in [-0.25, -0.2) is 0 Å². The third kappa shape index (κ3) is 7.24. The lowest BCUT2D eigenvalue weighted by molar-refractivity contribution is 1.60. The molecular formula is C8H11NS. The fourth-order valence-electron chi connectivity index (χ4n) is 0.381. The first-order valence-corrected chi connectivity index (χ1v) is 4.01. The summed E-state index contributed by atoms with van der Waals surface area (Å²) >= 11 is 1.46. The van der Waals surface area contributed by atoms with Gasteiger partial charge in [-0.15, -0.1) is 11.8 Å². The number of allylic oxidation sites excluding steroid dienone is 4. The predicted molar refractivity (Wildman–Crippen MR) is 49.7 cm³/mol. The molecule has 0 rings (SSSR count). The maximum absolute atomic E-state index is 6.69. The minimum absolute atomic E-state index is 0.866. The molecule has 0 atom stereocenters. The summed E-state index contributed by atoms with van der Waals surface area (Å²) in [4.78, 5) is 0. The summed E-state index contributed by atoms with van der Waals surface area (Å²) in [5.74, 6) is 0.866. The van der Waals surface area contributed by atoms with Gasteiger partial charge in [-0.3, -0.25) is 0 Å². The van der Waals surface area contributed by atoms with E-state index in [-0.39, 0.29) is 0 Å². The lowest BCUT2D eigenvalue weighted by atomic mass is 10.4. The summed E-state index contributed by atoms with van der Waals surface area (Å²) < 4.78 is 0. The van der Waals surface area contributed by atoms with Crippen molar-refractivity contribution >= 4 is 17.3 Å². The Balaban J connectivity index is 3.27. The molecule has 0 saturated heterocycles. The van der Waals surface area contributed by atoms with Crippen LogP contribution in [0.1, 0.15) is 0 Å². The zero-order chi connectivity index (χ0) is 7.66. The third-order valence-electron chi connectivity index (χ3n) is 0.770. The van der Waals surface area contributed by atoms with Gasteiger partial charge in [0.25, 0.3) is 0 Å². The fraction of sp³-hybridized carbons (Fsp3) is 0.125. The molecule has 0 saturated carbocycles. The van der Waals surface area contributed by atoms with Crippen LogP contribution in [0.5, 0.6) is 0 Å². The summed E-state index contributed by atoms with van der Waals surface area (Å²) in [5, 5.41) is 6.69. The molecule has 0 aromatic heterocycles. The molecule has 0 bridgehead atoms. The van der Waals surface area contributed by atoms with Crippen LogP contribution in [-0.4, -0.2) is 11.3 Å². The molecule has 0 heterocycles. The van der Waals surface area contributed by atoms with Gasteiger partial charge in [0, 0.05) is 5.75 Å². The third-order valence-corrected chi connectivity index (χ3v) is 1.32. The predicted octanol–water partition coefficient (Wildman–Crippen LogP) is 2.63. The molecule has 1 nitrogen and oxygen atoms in total. The molecule has 2 heteroatoms. The van der Waals surface area contributed by atoms with Gasteiger partial charge in [0.2, 0.25) is 0 Å². The standard InChI is InChI=1S/C8H11NS/c1-2-3-4-5-6-7-10-8-9/h2-6,8-9H,1,7H2/b4-3-,6-5-,9-8?. The maximum Gasteiger partial charge on any atom is 0.0509 e. The van der Waals surface area contributed by atoms with E-state index in [1.54, 1.807) is 6.08 Å². The highest BCUT2D eigenvalue weighted by Gasteiger charge is 1.71. The SMILES string of the molecule is C=C/C=C\C=C/CSC=N. The Morgan fingerprint density at radius 2 is 2.10 bits per heavy atom. The van der Waals surface area contributed by atoms with E-state index in [9.17, 15) is 0 Å². The molecule has 0 aliphatic heterocycles. The highest BCUT2D eigenvalue weighted by Crippen LogP contribution is 1.92. The molecular weight excluding hydrogens is 142 g/mol. The van der Waals surface area contributed by atoms with Gasteiger partial charge in [-0.1, -0.05) is 37.0 Å². The monoisotopic (exact) mass is 153 g/mol. The van der Waals surface area contributed by atoms with E-state index in [4.69, 9.17) is 5.41 Å². The van der Waals surface area contributed by atoms with Crippen LogP contribution in [0.4, 0.5) is 0 Å². The van der Waals surface area contributed by atoms with Crippen LogP contribution in [0, 0.1) is 5.41 Å². The molecule has 10 heavy (non-hydrogen) atoms. The zero-order valence-corrected chi connectivity index (χ0v) is 6.60. The maximum atomic E-state index is 6.69. The molecule has 0 aromatic rings. The Bertz CT molecular complexity index is 147. The van der Waals surface area contributed by atoms with Crippen LogP contribution in [0.15, 0.2) is 37.0 Å². The van der Waals surface area contributed by atoms with Crippen LogP contribution >= 0.6 is 11.8 Å². The van der Waals surface area contributed by atoms with Crippen molar-refractivity contribution in [2.45, 2.75) is 0 Å². The van der Waals surface area contributed by atoms with Crippen LogP contribution in [0.3, 0.4) is 0 Å². The van der Waals surface area contributed by atoms with E-state index in [1.807, 2.05) is 24.3 Å². The van der Waals surface area contributed by atoms with E-state index in [0.29, 0.717) is 0 Å². The summed E-state index contributed by atoms with van der Waals surface area (Å²) in [7, 11) is 0. The molecule has 0 radical (unpaired) electrons. The molecule has 0 amide bonds. The van der Waals surface area contributed by atoms with Crippen LogP contribution in [0.25, 0.3) is 0 Å². The Hall–Kier alpha value is -0.760. The van der Waals surface area contributed by atoms with Crippen molar-refractivity contribution < 1.29 is 0 Å². The number of nitrogens with one attached hydrogen (secondary N) is 1. The molecule has 0 aromatic carbocycles. The Morgan fingerprint density at radius 1 is 1.30 bits per heavy atom. The smallest absolute Gasteiger partial charge is 0.0509 e. The lowest BCUT2D eigenvalue weighted by Crippen LogP contribution is -1.66. The largest absolute Gasteiger partial charge is 0.302 e. The number of thioether (sulfide) groups is 1. The molecule has 0 unspecified atom stereocenters. The number of hydrogen-bond acceptors (Lipinski definition) is 2. The summed E-state index contributed by atoms with van der Waals surface area (Å²) in [6, 6.07) is 0. The average Bonchev–Trinajstić information content (AvgIpc) is 1.97. The van der Waals surface area contributed by atoms with Gasteiger partial charge < -0.3 is 5.41 Å². The van der Waals surface area contributed by atoms with E-state index in [0.717, 1.165) is 5.75 Å². The van der Waals surface area contributed by atoms with Gasteiger partial charge in [0.05, 0.1) is 5.55 Å². The van der Waals surface area contributed by atoms with Crippen molar-refractivity contribution in [1.82, 2.24) is 0 Å². The number of hydrogen-bond donors (Lipinski definition) is 1. The van der Waals surface area contributed by atoms with Crippen molar-refractivity contribution in [3.63, 3.8) is 0 Å². The highest BCUT2D eigenvalue weighted by atomic mass is 32.2. The van der Waals surface area contributed by atoms with Crippen LogP contribution in [-0.2, 0) is 0 Å². The molecule has 54 valence electrons. The Morgan fingerprint density at radius 3 is 2.70 bits per heavy atom. The molecule has 0 spiro atoms. The molecule has 0 aliphatic rings. The van der Waals surface area contributed by atoms with E-state index >= 15 is 0 Å². The number of rotatable bonds is 5. The zero-order valence-electron chi connectivity index (χ0n) is 5.79. The van der Waals surface area contributed by atoms with Gasteiger partial charge >= 0.3 is 0 Å². The van der Waals surface area contributed by atoms with Gasteiger partial charge in [0.1, 0.15) is 0 Å². The minimum Gasteiger partial charge on any atom is -0.302 e. The summed E-state index contributed by atoms with van der Waals surface area (Å²) in [6.45, 7) is 3.53. The average molecular weight is 153 g/mol. The lowest BCUT2D eigenvalue weighted by Gasteiger charge is -1.80. The van der Waals surface area contributed by atoms with E-state index in [2.05, 4.69) is 6.58 Å². The van der Waals surface area contributed by atoms with Gasteiger partial charge in [-0.2, -0.15) is 0 Å². The van der Waals surface area contributed by atoms with Gasteiger partial charge in [0.15, 0.2) is 0 Å². The first-order chi connectivity index (χ1) is 4.91. The second kappa shape index (κ2) is 8.24. The summed E-state index contributed by atoms with van der Waals surface area (Å²) in [6.07, 6.45) is 9.45. The normalized spacial score (nSPS) is 10.8. The minimum atomic E-state index is 0.866. The van der Waals surface area contributed by atoms with E-state index in [1.165, 1.54) is 17.3 Å². The van der Waals surface area contributed by atoms with Crippen LogP contribution < -0.4 is 0 Å². The van der Waals surface area contributed by atoms with Crippen LogP contribution in [0.2, 0.25) is 0 Å². The topological polar surface area (TPSA) is 23.9 Å². The van der Waals surface area contributed by atoms with Gasteiger partial charge in [-0.05, 0) is 0 Å².